The maximum absolute atomic E-state index is 4.76. The number of imidazole rings is 1. The molecule has 3 aromatic rings. The van der Waals surface area contributed by atoms with Gasteiger partial charge < -0.3 is 9.88 Å². The standard InChI is InChI=1S/C15H17N7.2ClH/c1-11-18-15(22(20-11)12-2-5-16-6-3-12)13-10-21-9-8-17-7-4-14(21)19-13;;/h2-3,5-6,10,17H,4,7-9H2,1H3;2*1H. The second-order valence-electron chi connectivity index (χ2n) is 5.34. The Kier molecular flexibility index (Phi) is 5.93. The van der Waals surface area contributed by atoms with E-state index in [9.17, 15) is 0 Å². The van der Waals surface area contributed by atoms with Crippen molar-refractivity contribution in [2.75, 3.05) is 13.1 Å². The van der Waals surface area contributed by atoms with E-state index in [2.05, 4.69) is 31.1 Å². The lowest BCUT2D eigenvalue weighted by atomic mass is 10.3. The monoisotopic (exact) mass is 367 g/mol. The van der Waals surface area contributed by atoms with Gasteiger partial charge in [0.2, 0.25) is 0 Å². The number of halogens is 2. The zero-order chi connectivity index (χ0) is 14.9. The Balaban J connectivity index is 0.00000104. The summed E-state index contributed by atoms with van der Waals surface area (Å²) in [5.41, 5.74) is 1.81. The number of hydrogen-bond donors (Lipinski definition) is 1. The van der Waals surface area contributed by atoms with Gasteiger partial charge in [-0.1, -0.05) is 0 Å². The minimum absolute atomic E-state index is 0. The Morgan fingerprint density at radius 2 is 1.88 bits per heavy atom. The minimum atomic E-state index is 0. The molecule has 0 radical (unpaired) electrons. The number of nitrogens with one attached hydrogen (secondary N) is 1. The van der Waals surface area contributed by atoms with Gasteiger partial charge in [-0.05, 0) is 19.1 Å². The average Bonchev–Trinajstić information content (AvgIpc) is 3.05. The summed E-state index contributed by atoms with van der Waals surface area (Å²) in [4.78, 5) is 13.4. The summed E-state index contributed by atoms with van der Waals surface area (Å²) in [6, 6.07) is 3.84. The first kappa shape index (κ1) is 18.4. The van der Waals surface area contributed by atoms with Crippen LogP contribution in [-0.2, 0) is 13.0 Å². The van der Waals surface area contributed by atoms with Crippen LogP contribution in [-0.4, -0.2) is 42.4 Å². The van der Waals surface area contributed by atoms with Crippen molar-refractivity contribution in [1.29, 1.82) is 0 Å². The molecule has 0 aliphatic carbocycles. The molecule has 0 spiro atoms. The summed E-state index contributed by atoms with van der Waals surface area (Å²) in [6.07, 6.45) is 6.51. The number of nitrogens with zero attached hydrogens (tertiary/aromatic N) is 6. The van der Waals surface area contributed by atoms with Crippen molar-refractivity contribution in [3.8, 4) is 17.2 Å². The topological polar surface area (TPSA) is 73.5 Å². The second kappa shape index (κ2) is 7.74. The molecule has 0 saturated heterocycles. The molecule has 0 fully saturated rings. The normalized spacial score (nSPS) is 13.4. The highest BCUT2D eigenvalue weighted by molar-refractivity contribution is 5.85. The maximum atomic E-state index is 4.76. The van der Waals surface area contributed by atoms with E-state index in [4.69, 9.17) is 4.98 Å². The van der Waals surface area contributed by atoms with Crippen molar-refractivity contribution < 1.29 is 0 Å². The van der Waals surface area contributed by atoms with Crippen molar-refractivity contribution in [2.45, 2.75) is 19.9 Å². The van der Waals surface area contributed by atoms with E-state index >= 15 is 0 Å². The van der Waals surface area contributed by atoms with E-state index in [1.165, 1.54) is 0 Å². The lowest BCUT2D eigenvalue weighted by Crippen LogP contribution is -2.17. The lowest BCUT2D eigenvalue weighted by Gasteiger charge is -2.03. The number of pyridine rings is 1. The molecule has 7 nitrogen and oxygen atoms in total. The largest absolute Gasteiger partial charge is 0.333 e. The van der Waals surface area contributed by atoms with E-state index in [1.54, 1.807) is 12.4 Å². The zero-order valence-electron chi connectivity index (χ0n) is 13.2. The molecular formula is C15H19Cl2N7. The summed E-state index contributed by atoms with van der Waals surface area (Å²) < 4.78 is 4.04. The Labute approximate surface area is 152 Å². The van der Waals surface area contributed by atoms with Crippen LogP contribution in [0.4, 0.5) is 0 Å². The highest BCUT2D eigenvalue weighted by atomic mass is 35.5. The predicted octanol–water partition coefficient (Wildman–Crippen LogP) is 1.82. The molecule has 9 heteroatoms. The number of hydrogen-bond acceptors (Lipinski definition) is 5. The van der Waals surface area contributed by atoms with Gasteiger partial charge in [0.05, 0.1) is 5.69 Å². The van der Waals surface area contributed by atoms with Gasteiger partial charge in [0.1, 0.15) is 17.3 Å². The van der Waals surface area contributed by atoms with E-state index in [0.29, 0.717) is 0 Å². The Morgan fingerprint density at radius 1 is 1.08 bits per heavy atom. The van der Waals surface area contributed by atoms with Crippen LogP contribution in [0.15, 0.2) is 30.7 Å². The molecule has 4 rings (SSSR count). The summed E-state index contributed by atoms with van der Waals surface area (Å²) in [7, 11) is 0. The molecule has 0 saturated carbocycles. The first-order valence-corrected chi connectivity index (χ1v) is 7.42. The molecule has 24 heavy (non-hydrogen) atoms. The fourth-order valence-corrected chi connectivity index (χ4v) is 2.73. The number of aryl methyl sites for hydroxylation is 1. The third-order valence-corrected chi connectivity index (χ3v) is 3.76. The Morgan fingerprint density at radius 3 is 2.67 bits per heavy atom. The molecule has 0 atom stereocenters. The van der Waals surface area contributed by atoms with Gasteiger partial charge in [-0.3, -0.25) is 4.98 Å². The van der Waals surface area contributed by atoms with Crippen LogP contribution in [0.3, 0.4) is 0 Å². The molecule has 128 valence electrons. The van der Waals surface area contributed by atoms with Crippen molar-refractivity contribution in [1.82, 2.24) is 34.6 Å². The van der Waals surface area contributed by atoms with Gasteiger partial charge in [0, 0.05) is 44.6 Å². The highest BCUT2D eigenvalue weighted by Crippen LogP contribution is 2.21. The van der Waals surface area contributed by atoms with Gasteiger partial charge in [-0.15, -0.1) is 24.8 Å². The number of aromatic nitrogens is 6. The third kappa shape index (κ3) is 3.43. The van der Waals surface area contributed by atoms with E-state index in [-0.39, 0.29) is 24.8 Å². The van der Waals surface area contributed by atoms with E-state index < -0.39 is 0 Å². The molecule has 0 amide bonds. The molecule has 1 aliphatic rings. The van der Waals surface area contributed by atoms with Crippen LogP contribution in [0.25, 0.3) is 17.2 Å². The SMILES string of the molecule is Cc1nc(-c2cn3c(n2)CCNCC3)n(-c2ccncc2)n1.Cl.Cl. The van der Waals surface area contributed by atoms with Gasteiger partial charge in [-0.25, -0.2) is 14.6 Å². The lowest BCUT2D eigenvalue weighted by molar-refractivity contribution is 0.646. The summed E-state index contributed by atoms with van der Waals surface area (Å²) in [5, 5.41) is 7.88. The smallest absolute Gasteiger partial charge is 0.183 e. The molecule has 0 bridgehead atoms. The van der Waals surface area contributed by atoms with Gasteiger partial charge in [0.15, 0.2) is 5.82 Å². The first-order valence-electron chi connectivity index (χ1n) is 7.42. The molecule has 4 heterocycles. The molecular weight excluding hydrogens is 349 g/mol. The Hall–Kier alpha value is -1.96. The minimum Gasteiger partial charge on any atom is -0.333 e. The number of rotatable bonds is 2. The highest BCUT2D eigenvalue weighted by Gasteiger charge is 2.18. The average molecular weight is 368 g/mol. The summed E-state index contributed by atoms with van der Waals surface area (Å²) in [6.45, 7) is 4.77. The molecule has 1 aliphatic heterocycles. The van der Waals surface area contributed by atoms with Crippen molar-refractivity contribution in [3.63, 3.8) is 0 Å². The molecule has 3 aromatic heterocycles. The van der Waals surface area contributed by atoms with Crippen LogP contribution >= 0.6 is 24.8 Å². The van der Waals surface area contributed by atoms with Crippen LogP contribution in [0.1, 0.15) is 11.6 Å². The molecule has 1 N–H and O–H groups in total. The fraction of sp³-hybridized carbons (Fsp3) is 0.333. The third-order valence-electron chi connectivity index (χ3n) is 3.76. The van der Waals surface area contributed by atoms with E-state index in [1.807, 2.05) is 23.7 Å². The fourth-order valence-electron chi connectivity index (χ4n) is 2.73. The van der Waals surface area contributed by atoms with Crippen molar-refractivity contribution in [2.24, 2.45) is 0 Å². The molecule has 0 aromatic carbocycles. The van der Waals surface area contributed by atoms with Gasteiger partial charge >= 0.3 is 0 Å². The summed E-state index contributed by atoms with van der Waals surface area (Å²) in [5.74, 6) is 2.61. The maximum Gasteiger partial charge on any atom is 0.183 e. The van der Waals surface area contributed by atoms with Crippen molar-refractivity contribution in [3.05, 3.63) is 42.4 Å². The quantitative estimate of drug-likeness (QED) is 0.747. The summed E-state index contributed by atoms with van der Waals surface area (Å²) >= 11 is 0. The van der Waals surface area contributed by atoms with Gasteiger partial charge in [-0.2, -0.15) is 5.10 Å². The van der Waals surface area contributed by atoms with Crippen LogP contribution in [0, 0.1) is 6.92 Å². The molecule has 0 unspecified atom stereocenters. The van der Waals surface area contributed by atoms with Crippen LogP contribution in [0.2, 0.25) is 0 Å². The number of fused-ring (bicyclic) bond motifs is 1. The van der Waals surface area contributed by atoms with Gasteiger partial charge in [0.25, 0.3) is 0 Å². The second-order valence-corrected chi connectivity index (χ2v) is 5.34. The predicted molar refractivity (Wildman–Crippen MR) is 96.2 cm³/mol. The van der Waals surface area contributed by atoms with E-state index in [0.717, 1.165) is 54.9 Å². The van der Waals surface area contributed by atoms with Crippen molar-refractivity contribution >= 4 is 24.8 Å². The Bertz CT molecular complexity index is 774. The van der Waals surface area contributed by atoms with Crippen LogP contribution < -0.4 is 5.32 Å². The first-order chi connectivity index (χ1) is 10.8. The van der Waals surface area contributed by atoms with Crippen LogP contribution in [0.5, 0.6) is 0 Å². The zero-order valence-corrected chi connectivity index (χ0v) is 14.8.